The Morgan fingerprint density at radius 3 is 2.62 bits per heavy atom. The standard InChI is InChI=1S/C19H21BrN2O2/c1-2-15-9-12-24-18(15)19(23)22(13-14-7-10-21-11-8-14)17-5-3-16(20)4-6-17/h3-8,10-11,15,18H,2,9,12-13H2,1H3/t15-,18+/m1/s1. The smallest absolute Gasteiger partial charge is 0.256 e. The van der Waals surface area contributed by atoms with Gasteiger partial charge in [-0.15, -0.1) is 0 Å². The number of rotatable bonds is 5. The van der Waals surface area contributed by atoms with Gasteiger partial charge in [0.05, 0.1) is 6.54 Å². The van der Waals surface area contributed by atoms with Crippen LogP contribution in [-0.2, 0) is 16.1 Å². The van der Waals surface area contributed by atoms with Gasteiger partial charge in [-0.1, -0.05) is 29.3 Å². The molecule has 1 amide bonds. The van der Waals surface area contributed by atoms with Crippen LogP contribution in [0.4, 0.5) is 5.69 Å². The lowest BCUT2D eigenvalue weighted by Crippen LogP contribution is -2.41. The normalized spacial score (nSPS) is 20.1. The first-order valence-corrected chi connectivity index (χ1v) is 9.05. The van der Waals surface area contributed by atoms with Crippen LogP contribution in [0, 0.1) is 5.92 Å². The van der Waals surface area contributed by atoms with E-state index >= 15 is 0 Å². The molecule has 1 aromatic carbocycles. The zero-order valence-corrected chi connectivity index (χ0v) is 15.3. The molecule has 1 aromatic heterocycles. The van der Waals surface area contributed by atoms with Gasteiger partial charge in [-0.25, -0.2) is 0 Å². The van der Waals surface area contributed by atoms with E-state index in [1.807, 2.05) is 41.3 Å². The largest absolute Gasteiger partial charge is 0.368 e. The van der Waals surface area contributed by atoms with Crippen molar-refractivity contribution >= 4 is 27.5 Å². The van der Waals surface area contributed by atoms with E-state index in [0.29, 0.717) is 19.1 Å². The first-order chi connectivity index (χ1) is 11.7. The third kappa shape index (κ3) is 3.84. The van der Waals surface area contributed by atoms with Gasteiger partial charge in [-0.3, -0.25) is 9.78 Å². The first kappa shape index (κ1) is 17.1. The van der Waals surface area contributed by atoms with E-state index in [1.165, 1.54) is 0 Å². The molecule has 24 heavy (non-hydrogen) atoms. The van der Waals surface area contributed by atoms with Crippen LogP contribution in [0.5, 0.6) is 0 Å². The number of amides is 1. The van der Waals surface area contributed by atoms with Crippen LogP contribution in [0.15, 0.2) is 53.3 Å². The molecule has 1 saturated heterocycles. The average molecular weight is 389 g/mol. The van der Waals surface area contributed by atoms with E-state index in [-0.39, 0.29) is 12.0 Å². The Morgan fingerprint density at radius 1 is 1.25 bits per heavy atom. The van der Waals surface area contributed by atoms with Gasteiger partial charge in [0.15, 0.2) is 0 Å². The van der Waals surface area contributed by atoms with E-state index in [0.717, 1.165) is 28.6 Å². The fraction of sp³-hybridized carbons (Fsp3) is 0.368. The highest BCUT2D eigenvalue weighted by atomic mass is 79.9. The molecule has 0 saturated carbocycles. The molecule has 1 fully saturated rings. The van der Waals surface area contributed by atoms with Crippen LogP contribution in [-0.4, -0.2) is 23.6 Å². The number of aromatic nitrogens is 1. The highest BCUT2D eigenvalue weighted by Gasteiger charge is 2.36. The van der Waals surface area contributed by atoms with Crippen LogP contribution in [0.3, 0.4) is 0 Å². The summed E-state index contributed by atoms with van der Waals surface area (Å²) in [6, 6.07) is 11.7. The number of hydrogen-bond donors (Lipinski definition) is 0. The van der Waals surface area contributed by atoms with E-state index in [4.69, 9.17) is 4.74 Å². The molecule has 0 spiro atoms. The number of hydrogen-bond acceptors (Lipinski definition) is 3. The summed E-state index contributed by atoms with van der Waals surface area (Å²) in [6.45, 7) is 3.30. The predicted octanol–water partition coefficient (Wildman–Crippen LogP) is 4.19. The molecule has 0 radical (unpaired) electrons. The second kappa shape index (κ2) is 7.90. The number of benzene rings is 1. The summed E-state index contributed by atoms with van der Waals surface area (Å²) in [4.78, 5) is 19.0. The minimum Gasteiger partial charge on any atom is -0.368 e. The van der Waals surface area contributed by atoms with Gasteiger partial charge in [-0.05, 0) is 54.3 Å². The van der Waals surface area contributed by atoms with Crippen LogP contribution >= 0.6 is 15.9 Å². The van der Waals surface area contributed by atoms with E-state index in [2.05, 4.69) is 27.8 Å². The number of halogens is 1. The van der Waals surface area contributed by atoms with Crippen molar-refractivity contribution in [3.8, 4) is 0 Å². The SMILES string of the molecule is CC[C@@H]1CCO[C@@H]1C(=O)N(Cc1ccncc1)c1ccc(Br)cc1. The molecular weight excluding hydrogens is 368 g/mol. The highest BCUT2D eigenvalue weighted by Crippen LogP contribution is 2.29. The van der Waals surface area contributed by atoms with Gasteiger partial charge in [0.25, 0.3) is 5.91 Å². The highest BCUT2D eigenvalue weighted by molar-refractivity contribution is 9.10. The molecule has 0 bridgehead atoms. The maximum Gasteiger partial charge on any atom is 0.256 e. The zero-order valence-electron chi connectivity index (χ0n) is 13.7. The third-order valence-electron chi connectivity index (χ3n) is 4.48. The fourth-order valence-corrected chi connectivity index (χ4v) is 3.33. The molecule has 3 rings (SSSR count). The topological polar surface area (TPSA) is 42.4 Å². The van der Waals surface area contributed by atoms with Crippen molar-refractivity contribution in [2.75, 3.05) is 11.5 Å². The Balaban J connectivity index is 1.89. The number of carbonyl (C=O) groups excluding carboxylic acids is 1. The molecule has 2 atom stereocenters. The number of ether oxygens (including phenoxy) is 1. The molecule has 5 heteroatoms. The Bertz CT molecular complexity index is 676. The van der Waals surface area contributed by atoms with Gasteiger partial charge >= 0.3 is 0 Å². The van der Waals surface area contributed by atoms with Crippen molar-refractivity contribution in [1.29, 1.82) is 0 Å². The predicted molar refractivity (Wildman–Crippen MR) is 97.7 cm³/mol. The van der Waals surface area contributed by atoms with Gasteiger partial charge in [-0.2, -0.15) is 0 Å². The van der Waals surface area contributed by atoms with Crippen molar-refractivity contribution in [1.82, 2.24) is 4.98 Å². The van der Waals surface area contributed by atoms with E-state index in [9.17, 15) is 4.79 Å². The molecule has 0 N–H and O–H groups in total. The monoisotopic (exact) mass is 388 g/mol. The van der Waals surface area contributed by atoms with Crippen LogP contribution < -0.4 is 4.90 Å². The molecule has 1 aliphatic rings. The Hall–Kier alpha value is -1.72. The van der Waals surface area contributed by atoms with Gasteiger partial charge in [0.2, 0.25) is 0 Å². The fourth-order valence-electron chi connectivity index (χ4n) is 3.07. The molecule has 4 nitrogen and oxygen atoms in total. The summed E-state index contributed by atoms with van der Waals surface area (Å²) < 4.78 is 6.76. The lowest BCUT2D eigenvalue weighted by atomic mass is 9.97. The number of carbonyl (C=O) groups is 1. The summed E-state index contributed by atoms with van der Waals surface area (Å²) >= 11 is 3.45. The maximum absolute atomic E-state index is 13.2. The Kier molecular flexibility index (Phi) is 5.63. The molecule has 2 heterocycles. The molecule has 0 aliphatic carbocycles. The average Bonchev–Trinajstić information content (AvgIpc) is 3.10. The Morgan fingerprint density at radius 2 is 1.96 bits per heavy atom. The minimum absolute atomic E-state index is 0.0403. The van der Waals surface area contributed by atoms with Crippen molar-refractivity contribution < 1.29 is 9.53 Å². The third-order valence-corrected chi connectivity index (χ3v) is 5.01. The summed E-state index contributed by atoms with van der Waals surface area (Å²) in [7, 11) is 0. The van der Waals surface area contributed by atoms with E-state index in [1.54, 1.807) is 12.4 Å². The van der Waals surface area contributed by atoms with Crippen molar-refractivity contribution in [2.45, 2.75) is 32.4 Å². The molecule has 2 aromatic rings. The zero-order chi connectivity index (χ0) is 16.9. The van der Waals surface area contributed by atoms with Crippen molar-refractivity contribution in [3.63, 3.8) is 0 Å². The second-order valence-corrected chi connectivity index (χ2v) is 6.92. The molecule has 0 unspecified atom stereocenters. The maximum atomic E-state index is 13.2. The number of pyridine rings is 1. The number of anilines is 1. The molecule has 1 aliphatic heterocycles. The lowest BCUT2D eigenvalue weighted by Gasteiger charge is -2.28. The van der Waals surface area contributed by atoms with Crippen LogP contribution in [0.1, 0.15) is 25.3 Å². The second-order valence-electron chi connectivity index (χ2n) is 6.00. The van der Waals surface area contributed by atoms with Crippen LogP contribution in [0.25, 0.3) is 0 Å². The summed E-state index contributed by atoms with van der Waals surface area (Å²) in [6.07, 6.45) is 5.07. The van der Waals surface area contributed by atoms with Crippen molar-refractivity contribution in [2.24, 2.45) is 5.92 Å². The minimum atomic E-state index is -0.347. The number of nitrogens with zero attached hydrogens (tertiary/aromatic N) is 2. The van der Waals surface area contributed by atoms with Crippen LogP contribution in [0.2, 0.25) is 0 Å². The lowest BCUT2D eigenvalue weighted by molar-refractivity contribution is -0.129. The quantitative estimate of drug-likeness (QED) is 0.770. The van der Waals surface area contributed by atoms with Gasteiger partial charge in [0, 0.05) is 29.2 Å². The van der Waals surface area contributed by atoms with Crippen molar-refractivity contribution in [3.05, 3.63) is 58.8 Å². The Labute approximate surface area is 151 Å². The van der Waals surface area contributed by atoms with E-state index < -0.39 is 0 Å². The van der Waals surface area contributed by atoms with Gasteiger partial charge in [0.1, 0.15) is 6.10 Å². The van der Waals surface area contributed by atoms with Gasteiger partial charge < -0.3 is 9.64 Å². The summed E-state index contributed by atoms with van der Waals surface area (Å²) in [5, 5.41) is 0. The first-order valence-electron chi connectivity index (χ1n) is 8.26. The molecular formula is C19H21BrN2O2. The summed E-state index contributed by atoms with van der Waals surface area (Å²) in [5.41, 5.74) is 1.93. The molecule has 126 valence electrons. The summed E-state index contributed by atoms with van der Waals surface area (Å²) in [5.74, 6) is 0.339.